The van der Waals surface area contributed by atoms with Crippen molar-refractivity contribution in [1.29, 1.82) is 0 Å². The number of rotatable bonds is 3. The number of ether oxygens (including phenoxy) is 1. The standard InChI is InChI=1S/C10H18O2/c1-6-7-8(9(11)12-5)10(2,3)4/h6,8H,1,7H2,2-5H3. The van der Waals surface area contributed by atoms with Gasteiger partial charge < -0.3 is 4.74 Å². The summed E-state index contributed by atoms with van der Waals surface area (Å²) in [5.74, 6) is -0.234. The molecule has 0 aliphatic carbocycles. The summed E-state index contributed by atoms with van der Waals surface area (Å²) in [6.45, 7) is 9.70. The number of carbonyl (C=O) groups is 1. The van der Waals surface area contributed by atoms with Gasteiger partial charge in [0.2, 0.25) is 0 Å². The summed E-state index contributed by atoms with van der Waals surface area (Å²) in [5.41, 5.74) is -0.0543. The Labute approximate surface area is 74.6 Å². The van der Waals surface area contributed by atoms with Gasteiger partial charge in [-0.3, -0.25) is 4.79 Å². The molecule has 2 nitrogen and oxygen atoms in total. The maximum atomic E-state index is 11.3. The van der Waals surface area contributed by atoms with Gasteiger partial charge in [-0.15, -0.1) is 6.58 Å². The smallest absolute Gasteiger partial charge is 0.309 e. The minimum atomic E-state index is -0.151. The fourth-order valence-corrected chi connectivity index (χ4v) is 1.11. The monoisotopic (exact) mass is 170 g/mol. The number of carbonyl (C=O) groups excluding carboxylic acids is 1. The first-order chi connectivity index (χ1) is 5.43. The first-order valence-electron chi connectivity index (χ1n) is 4.12. The molecule has 0 aromatic carbocycles. The van der Waals surface area contributed by atoms with Crippen LogP contribution in [0, 0.1) is 11.3 Å². The second-order valence-corrected chi connectivity index (χ2v) is 3.97. The van der Waals surface area contributed by atoms with Gasteiger partial charge in [0.15, 0.2) is 0 Å². The highest BCUT2D eigenvalue weighted by Gasteiger charge is 2.30. The predicted molar refractivity (Wildman–Crippen MR) is 49.8 cm³/mol. The van der Waals surface area contributed by atoms with Gasteiger partial charge in [0.25, 0.3) is 0 Å². The predicted octanol–water partition coefficient (Wildman–Crippen LogP) is 2.40. The van der Waals surface area contributed by atoms with E-state index < -0.39 is 0 Å². The van der Waals surface area contributed by atoms with Gasteiger partial charge in [-0.2, -0.15) is 0 Å². The summed E-state index contributed by atoms with van der Waals surface area (Å²) >= 11 is 0. The second-order valence-electron chi connectivity index (χ2n) is 3.97. The van der Waals surface area contributed by atoms with E-state index in [4.69, 9.17) is 4.74 Å². The quantitative estimate of drug-likeness (QED) is 0.480. The lowest BCUT2D eigenvalue weighted by Crippen LogP contribution is -2.29. The molecule has 0 aliphatic heterocycles. The van der Waals surface area contributed by atoms with Crippen LogP contribution in [0.4, 0.5) is 0 Å². The van der Waals surface area contributed by atoms with E-state index in [-0.39, 0.29) is 17.3 Å². The Hall–Kier alpha value is -0.790. The molecular formula is C10H18O2. The normalized spacial score (nSPS) is 13.7. The van der Waals surface area contributed by atoms with Gasteiger partial charge in [0, 0.05) is 0 Å². The summed E-state index contributed by atoms with van der Waals surface area (Å²) < 4.78 is 4.70. The van der Waals surface area contributed by atoms with Crippen molar-refractivity contribution in [3.8, 4) is 0 Å². The van der Waals surface area contributed by atoms with E-state index in [1.54, 1.807) is 6.08 Å². The van der Waals surface area contributed by atoms with Crippen LogP contribution in [0.1, 0.15) is 27.2 Å². The van der Waals surface area contributed by atoms with Crippen molar-refractivity contribution in [2.45, 2.75) is 27.2 Å². The van der Waals surface area contributed by atoms with Gasteiger partial charge in [-0.25, -0.2) is 0 Å². The van der Waals surface area contributed by atoms with Crippen molar-refractivity contribution in [2.24, 2.45) is 11.3 Å². The Bertz CT molecular complexity index is 165. The van der Waals surface area contributed by atoms with Crippen LogP contribution in [-0.2, 0) is 9.53 Å². The number of esters is 1. The SMILES string of the molecule is C=CCC(C(=O)OC)C(C)(C)C. The zero-order valence-electron chi connectivity index (χ0n) is 8.39. The topological polar surface area (TPSA) is 26.3 Å². The van der Waals surface area contributed by atoms with Crippen LogP contribution < -0.4 is 0 Å². The van der Waals surface area contributed by atoms with E-state index in [2.05, 4.69) is 6.58 Å². The number of hydrogen-bond donors (Lipinski definition) is 0. The van der Waals surface area contributed by atoms with Crippen molar-refractivity contribution < 1.29 is 9.53 Å². The molecule has 1 atom stereocenters. The van der Waals surface area contributed by atoms with Gasteiger partial charge >= 0.3 is 5.97 Å². The molecule has 0 bridgehead atoms. The van der Waals surface area contributed by atoms with Crippen molar-refractivity contribution >= 4 is 5.97 Å². The van der Waals surface area contributed by atoms with Crippen molar-refractivity contribution in [2.75, 3.05) is 7.11 Å². The summed E-state index contributed by atoms with van der Waals surface area (Å²) in [4.78, 5) is 11.3. The molecule has 1 unspecified atom stereocenters. The Morgan fingerprint density at radius 1 is 1.58 bits per heavy atom. The van der Waals surface area contributed by atoms with E-state index in [0.717, 1.165) is 0 Å². The summed E-state index contributed by atoms with van der Waals surface area (Å²) in [7, 11) is 1.42. The van der Waals surface area contributed by atoms with Crippen molar-refractivity contribution in [3.63, 3.8) is 0 Å². The first kappa shape index (κ1) is 11.2. The molecule has 0 aliphatic rings. The van der Waals surface area contributed by atoms with Gasteiger partial charge in [0.1, 0.15) is 0 Å². The van der Waals surface area contributed by atoms with E-state index in [0.29, 0.717) is 6.42 Å². The third-order valence-electron chi connectivity index (χ3n) is 1.93. The number of methoxy groups -OCH3 is 1. The fourth-order valence-electron chi connectivity index (χ4n) is 1.11. The zero-order chi connectivity index (χ0) is 9.78. The Morgan fingerprint density at radius 2 is 2.08 bits per heavy atom. The maximum absolute atomic E-state index is 11.3. The molecule has 0 aromatic rings. The molecule has 0 N–H and O–H groups in total. The molecule has 70 valence electrons. The van der Waals surface area contributed by atoms with Crippen LogP contribution in [0.2, 0.25) is 0 Å². The third kappa shape index (κ3) is 3.07. The molecular weight excluding hydrogens is 152 g/mol. The molecule has 0 saturated heterocycles. The van der Waals surface area contributed by atoms with Gasteiger partial charge in [-0.1, -0.05) is 26.8 Å². The van der Waals surface area contributed by atoms with Crippen LogP contribution in [0.25, 0.3) is 0 Å². The van der Waals surface area contributed by atoms with Crippen LogP contribution in [-0.4, -0.2) is 13.1 Å². The van der Waals surface area contributed by atoms with Crippen LogP contribution in [0.15, 0.2) is 12.7 Å². The Kier molecular flexibility index (Phi) is 4.01. The van der Waals surface area contributed by atoms with Crippen molar-refractivity contribution in [3.05, 3.63) is 12.7 Å². The van der Waals surface area contributed by atoms with E-state index in [1.807, 2.05) is 20.8 Å². The van der Waals surface area contributed by atoms with Crippen LogP contribution in [0.3, 0.4) is 0 Å². The number of hydrogen-bond acceptors (Lipinski definition) is 2. The average molecular weight is 170 g/mol. The van der Waals surface area contributed by atoms with Gasteiger partial charge in [0.05, 0.1) is 13.0 Å². The summed E-state index contributed by atoms with van der Waals surface area (Å²) in [6.07, 6.45) is 2.43. The van der Waals surface area contributed by atoms with Crippen LogP contribution in [0.5, 0.6) is 0 Å². The average Bonchev–Trinajstić information content (AvgIpc) is 1.96. The molecule has 2 heteroatoms. The lowest BCUT2D eigenvalue weighted by atomic mass is 9.79. The lowest BCUT2D eigenvalue weighted by Gasteiger charge is -2.27. The molecule has 0 heterocycles. The molecule has 0 fully saturated rings. The molecule has 0 aromatic heterocycles. The Balaban J connectivity index is 4.43. The largest absolute Gasteiger partial charge is 0.469 e. The summed E-state index contributed by atoms with van der Waals surface area (Å²) in [5, 5.41) is 0. The van der Waals surface area contributed by atoms with Crippen molar-refractivity contribution in [1.82, 2.24) is 0 Å². The Morgan fingerprint density at radius 3 is 2.33 bits per heavy atom. The maximum Gasteiger partial charge on any atom is 0.309 e. The highest BCUT2D eigenvalue weighted by molar-refractivity contribution is 5.73. The van der Waals surface area contributed by atoms with E-state index in [9.17, 15) is 4.79 Å². The van der Waals surface area contributed by atoms with Gasteiger partial charge in [-0.05, 0) is 11.8 Å². The minimum absolute atomic E-state index is 0.0543. The minimum Gasteiger partial charge on any atom is -0.469 e. The molecule has 0 amide bonds. The highest BCUT2D eigenvalue weighted by atomic mass is 16.5. The molecule has 0 spiro atoms. The molecule has 0 radical (unpaired) electrons. The fraction of sp³-hybridized carbons (Fsp3) is 0.700. The zero-order valence-corrected chi connectivity index (χ0v) is 8.39. The molecule has 0 rings (SSSR count). The van der Waals surface area contributed by atoms with E-state index in [1.165, 1.54) is 7.11 Å². The first-order valence-corrected chi connectivity index (χ1v) is 4.12. The molecule has 12 heavy (non-hydrogen) atoms. The van der Waals surface area contributed by atoms with E-state index >= 15 is 0 Å². The molecule has 0 saturated carbocycles. The lowest BCUT2D eigenvalue weighted by molar-refractivity contribution is -0.149. The summed E-state index contributed by atoms with van der Waals surface area (Å²) in [6, 6.07) is 0. The van der Waals surface area contributed by atoms with Crippen LogP contribution >= 0.6 is 0 Å². The second kappa shape index (κ2) is 4.29. The highest BCUT2D eigenvalue weighted by Crippen LogP contribution is 2.29. The number of allylic oxidation sites excluding steroid dienone is 1. The third-order valence-corrected chi connectivity index (χ3v) is 1.93.